The molecule has 5 nitrogen and oxygen atoms in total. The van der Waals surface area contributed by atoms with Crippen LogP contribution in [0, 0.1) is 0 Å². The minimum absolute atomic E-state index is 0.0795. The highest BCUT2D eigenvalue weighted by atomic mass is 35.5. The molecule has 40 heavy (non-hydrogen) atoms. The summed E-state index contributed by atoms with van der Waals surface area (Å²) in [6, 6.07) is 25.1. The van der Waals surface area contributed by atoms with Gasteiger partial charge in [0, 0.05) is 31.7 Å². The van der Waals surface area contributed by atoms with Gasteiger partial charge in [0.1, 0.15) is 11.9 Å². The number of hydrogen-bond donors (Lipinski definition) is 1. The van der Waals surface area contributed by atoms with Gasteiger partial charge in [-0.2, -0.15) is 0 Å². The first kappa shape index (κ1) is 27.1. The zero-order valence-electron chi connectivity index (χ0n) is 23.1. The Kier molecular flexibility index (Phi) is 8.52. The number of carbonyl (C=O) groups is 1. The van der Waals surface area contributed by atoms with E-state index in [1.807, 2.05) is 12.1 Å². The fraction of sp³-hybridized carbons (Fsp3) is 0.382. The second-order valence-electron chi connectivity index (χ2n) is 11.2. The van der Waals surface area contributed by atoms with Gasteiger partial charge in [0.15, 0.2) is 0 Å². The Morgan fingerprint density at radius 2 is 1.52 bits per heavy atom. The first-order valence-electron chi connectivity index (χ1n) is 14.7. The highest BCUT2D eigenvalue weighted by molar-refractivity contribution is 6.32. The van der Waals surface area contributed by atoms with Gasteiger partial charge in [-0.15, -0.1) is 0 Å². The van der Waals surface area contributed by atoms with E-state index in [1.165, 1.54) is 53.0 Å². The molecule has 0 aromatic heterocycles. The molecule has 208 valence electrons. The van der Waals surface area contributed by atoms with Gasteiger partial charge in [0.25, 0.3) is 5.91 Å². The number of ether oxygens (including phenoxy) is 1. The van der Waals surface area contributed by atoms with Crippen LogP contribution in [-0.2, 0) is 6.54 Å². The van der Waals surface area contributed by atoms with Crippen molar-refractivity contribution in [2.45, 2.75) is 44.8 Å². The topological polar surface area (TPSA) is 44.8 Å². The van der Waals surface area contributed by atoms with Crippen LogP contribution < -0.4 is 10.1 Å². The summed E-state index contributed by atoms with van der Waals surface area (Å²) in [6.45, 7) is 6.97. The van der Waals surface area contributed by atoms with Crippen molar-refractivity contribution in [3.05, 3.63) is 88.9 Å². The fourth-order valence-electron chi connectivity index (χ4n) is 6.22. The monoisotopic (exact) mass is 555 g/mol. The number of likely N-dealkylation sites (tertiary alicyclic amines) is 2. The van der Waals surface area contributed by atoms with E-state index in [0.717, 1.165) is 45.4 Å². The van der Waals surface area contributed by atoms with E-state index in [9.17, 15) is 4.79 Å². The highest BCUT2D eigenvalue weighted by Gasteiger charge is 2.23. The zero-order valence-corrected chi connectivity index (χ0v) is 23.8. The van der Waals surface area contributed by atoms with Gasteiger partial charge in [-0.25, -0.2) is 0 Å². The molecule has 0 atom stereocenters. The first-order valence-corrected chi connectivity index (χ1v) is 15.1. The molecule has 0 unspecified atom stereocenters. The van der Waals surface area contributed by atoms with Gasteiger partial charge in [-0.05, 0) is 103 Å². The molecule has 4 aromatic rings. The molecule has 1 N–H and O–H groups in total. The molecule has 0 aliphatic carbocycles. The Morgan fingerprint density at radius 1 is 0.850 bits per heavy atom. The Balaban J connectivity index is 1.02. The summed E-state index contributed by atoms with van der Waals surface area (Å²) in [6.07, 6.45) is 5.55. The molecule has 2 saturated heterocycles. The lowest BCUT2D eigenvalue weighted by molar-refractivity contribution is 0.0949. The quantitative estimate of drug-likeness (QED) is 0.180. The van der Waals surface area contributed by atoms with E-state index in [0.29, 0.717) is 22.9 Å². The summed E-state index contributed by atoms with van der Waals surface area (Å²) in [5.74, 6) is 0.579. The van der Waals surface area contributed by atoms with Gasteiger partial charge >= 0.3 is 0 Å². The van der Waals surface area contributed by atoms with Crippen LogP contribution >= 0.6 is 11.6 Å². The normalized spacial score (nSPS) is 17.0. The van der Waals surface area contributed by atoms with Crippen LogP contribution in [0.2, 0.25) is 5.02 Å². The second kappa shape index (κ2) is 12.6. The molecule has 2 heterocycles. The molecule has 2 aliphatic heterocycles. The van der Waals surface area contributed by atoms with E-state index in [4.69, 9.17) is 16.3 Å². The van der Waals surface area contributed by atoms with Crippen LogP contribution in [0.1, 0.15) is 48.0 Å². The van der Waals surface area contributed by atoms with Crippen LogP contribution in [0.4, 0.5) is 0 Å². The number of halogens is 1. The van der Waals surface area contributed by atoms with Crippen LogP contribution in [0.15, 0.2) is 72.8 Å². The van der Waals surface area contributed by atoms with Crippen molar-refractivity contribution >= 4 is 39.1 Å². The summed E-state index contributed by atoms with van der Waals surface area (Å²) in [5, 5.41) is 8.78. The first-order chi connectivity index (χ1) is 19.6. The number of nitrogens with one attached hydrogen (secondary N) is 1. The molecule has 0 radical (unpaired) electrons. The number of fused-ring (bicyclic) bond motifs is 2. The molecule has 6 heteroatoms. The van der Waals surface area contributed by atoms with Crippen LogP contribution in [-0.4, -0.2) is 61.1 Å². The molecule has 6 rings (SSSR count). The predicted molar refractivity (Wildman–Crippen MR) is 164 cm³/mol. The Bertz CT molecular complexity index is 1420. The molecule has 0 saturated carbocycles. The highest BCUT2D eigenvalue weighted by Crippen LogP contribution is 2.32. The third-order valence-corrected chi connectivity index (χ3v) is 8.72. The predicted octanol–water partition coefficient (Wildman–Crippen LogP) is 6.91. The summed E-state index contributed by atoms with van der Waals surface area (Å²) < 4.78 is 6.32. The van der Waals surface area contributed by atoms with Crippen LogP contribution in [0.3, 0.4) is 0 Å². The van der Waals surface area contributed by atoms with E-state index < -0.39 is 0 Å². The molecular formula is C34H38ClN3O2. The molecule has 4 aromatic carbocycles. The molecule has 2 fully saturated rings. The van der Waals surface area contributed by atoms with E-state index >= 15 is 0 Å². The standard InChI is InChI=1S/C34H38ClN3O2/c35-32-23-27(34(39)36-16-7-19-37-17-5-6-18-37)12-13-33(32)40-28-14-20-38(21-15-28)24-31-29-10-3-1-8-25(29)22-26-9-2-4-11-30(26)31/h1-4,8-13,22-23,28H,5-7,14-21,24H2,(H,36,39). The van der Waals surface area contributed by atoms with Gasteiger partial charge < -0.3 is 15.0 Å². The van der Waals surface area contributed by atoms with Crippen molar-refractivity contribution in [3.8, 4) is 5.75 Å². The lowest BCUT2D eigenvalue weighted by Crippen LogP contribution is -2.37. The third-order valence-electron chi connectivity index (χ3n) is 8.42. The average molecular weight is 556 g/mol. The molecule has 2 aliphatic rings. The van der Waals surface area contributed by atoms with Crippen molar-refractivity contribution in [2.75, 3.05) is 39.3 Å². The van der Waals surface area contributed by atoms with Crippen molar-refractivity contribution < 1.29 is 9.53 Å². The van der Waals surface area contributed by atoms with Gasteiger partial charge in [-0.3, -0.25) is 9.69 Å². The molecule has 1 amide bonds. The molecular weight excluding hydrogens is 518 g/mol. The Morgan fingerprint density at radius 3 is 2.20 bits per heavy atom. The molecule has 0 bridgehead atoms. The number of rotatable bonds is 9. The Hall–Kier alpha value is -3.12. The third kappa shape index (κ3) is 6.27. The maximum Gasteiger partial charge on any atom is 0.251 e. The van der Waals surface area contributed by atoms with Crippen LogP contribution in [0.5, 0.6) is 5.75 Å². The minimum Gasteiger partial charge on any atom is -0.489 e. The number of piperidine rings is 1. The SMILES string of the molecule is O=C(NCCCN1CCCC1)c1ccc(OC2CCN(Cc3c4ccccc4cc4ccccc34)CC2)c(Cl)c1. The summed E-state index contributed by atoms with van der Waals surface area (Å²) in [7, 11) is 0. The van der Waals surface area contributed by atoms with Gasteiger partial charge in [0.2, 0.25) is 0 Å². The number of amides is 1. The largest absolute Gasteiger partial charge is 0.489 e. The van der Waals surface area contributed by atoms with Gasteiger partial charge in [-0.1, -0.05) is 60.1 Å². The maximum atomic E-state index is 12.6. The second-order valence-corrected chi connectivity index (χ2v) is 11.6. The fourth-order valence-corrected chi connectivity index (χ4v) is 6.44. The summed E-state index contributed by atoms with van der Waals surface area (Å²) in [4.78, 5) is 17.6. The maximum absolute atomic E-state index is 12.6. The zero-order chi connectivity index (χ0) is 27.3. The van der Waals surface area contributed by atoms with Crippen LogP contribution in [0.25, 0.3) is 21.5 Å². The number of nitrogens with zero attached hydrogens (tertiary/aromatic N) is 2. The minimum atomic E-state index is -0.0795. The van der Waals surface area contributed by atoms with Crippen molar-refractivity contribution in [3.63, 3.8) is 0 Å². The van der Waals surface area contributed by atoms with Crippen molar-refractivity contribution in [2.24, 2.45) is 0 Å². The van der Waals surface area contributed by atoms with Crippen molar-refractivity contribution in [1.82, 2.24) is 15.1 Å². The lowest BCUT2D eigenvalue weighted by Gasteiger charge is -2.33. The van der Waals surface area contributed by atoms with E-state index in [-0.39, 0.29) is 12.0 Å². The summed E-state index contributed by atoms with van der Waals surface area (Å²) >= 11 is 6.56. The Labute approximate surface area is 242 Å². The lowest BCUT2D eigenvalue weighted by atomic mass is 9.95. The van der Waals surface area contributed by atoms with Crippen molar-refractivity contribution in [1.29, 1.82) is 0 Å². The van der Waals surface area contributed by atoms with E-state index in [2.05, 4.69) is 69.7 Å². The number of benzene rings is 4. The van der Waals surface area contributed by atoms with Gasteiger partial charge in [0.05, 0.1) is 5.02 Å². The summed E-state index contributed by atoms with van der Waals surface area (Å²) in [5.41, 5.74) is 1.98. The molecule has 0 spiro atoms. The number of carbonyl (C=O) groups excluding carboxylic acids is 1. The van der Waals surface area contributed by atoms with E-state index in [1.54, 1.807) is 6.07 Å². The smallest absolute Gasteiger partial charge is 0.251 e. The average Bonchev–Trinajstić information content (AvgIpc) is 3.51. The number of hydrogen-bond acceptors (Lipinski definition) is 4.